The van der Waals surface area contributed by atoms with Gasteiger partial charge in [0.1, 0.15) is 23.0 Å². The molecule has 8 heteroatoms. The highest BCUT2D eigenvalue weighted by atomic mass is 16.5. The Morgan fingerprint density at radius 2 is 1.70 bits per heavy atom. The Kier molecular flexibility index (Phi) is 5.99. The molecule has 3 aromatic rings. The number of amides is 1. The number of aliphatic hydroxyl groups excluding tert-OH is 1. The average Bonchev–Trinajstić information content (AvgIpc) is 3.14. The molecule has 33 heavy (non-hydrogen) atoms. The monoisotopic (exact) mass is 446 g/mol. The third-order valence-corrected chi connectivity index (χ3v) is 5.44. The van der Waals surface area contributed by atoms with Gasteiger partial charge in [-0.25, -0.2) is 0 Å². The highest BCUT2D eigenvalue weighted by molar-refractivity contribution is 6.51. The van der Waals surface area contributed by atoms with E-state index in [0.717, 1.165) is 0 Å². The van der Waals surface area contributed by atoms with Crippen LogP contribution in [-0.2, 0) is 9.59 Å². The van der Waals surface area contributed by atoms with Gasteiger partial charge in [-0.05, 0) is 42.0 Å². The molecule has 1 amide bonds. The van der Waals surface area contributed by atoms with Crippen molar-refractivity contribution < 1.29 is 28.9 Å². The number of anilines is 1. The van der Waals surface area contributed by atoms with E-state index in [4.69, 9.17) is 14.2 Å². The van der Waals surface area contributed by atoms with Crippen LogP contribution in [0.25, 0.3) is 5.76 Å². The van der Waals surface area contributed by atoms with Crippen LogP contribution in [0.1, 0.15) is 17.2 Å². The van der Waals surface area contributed by atoms with Crippen LogP contribution >= 0.6 is 0 Å². The van der Waals surface area contributed by atoms with E-state index in [1.807, 2.05) is 0 Å². The number of methoxy groups -OCH3 is 3. The molecule has 1 saturated heterocycles. The number of aromatic nitrogens is 1. The number of aliphatic hydroxyl groups is 1. The number of carbonyl (C=O) groups excluding carboxylic acids is 2. The predicted octanol–water partition coefficient (Wildman–Crippen LogP) is 3.73. The second-order valence-electron chi connectivity index (χ2n) is 7.22. The van der Waals surface area contributed by atoms with Gasteiger partial charge in [0.15, 0.2) is 0 Å². The number of rotatable bonds is 6. The third kappa shape index (κ3) is 3.87. The van der Waals surface area contributed by atoms with E-state index in [9.17, 15) is 14.7 Å². The van der Waals surface area contributed by atoms with Gasteiger partial charge in [0.25, 0.3) is 11.7 Å². The summed E-state index contributed by atoms with van der Waals surface area (Å²) in [5, 5.41) is 11.3. The molecule has 1 unspecified atom stereocenters. The Balaban J connectivity index is 1.97. The van der Waals surface area contributed by atoms with Gasteiger partial charge < -0.3 is 19.3 Å². The van der Waals surface area contributed by atoms with Gasteiger partial charge in [0, 0.05) is 24.1 Å². The lowest BCUT2D eigenvalue weighted by molar-refractivity contribution is -0.132. The Labute approximate surface area is 190 Å². The average molecular weight is 446 g/mol. The molecule has 0 spiro atoms. The molecule has 0 saturated carbocycles. The fourth-order valence-corrected chi connectivity index (χ4v) is 3.86. The van der Waals surface area contributed by atoms with Crippen molar-refractivity contribution in [1.29, 1.82) is 0 Å². The molecular weight excluding hydrogens is 424 g/mol. The molecule has 0 radical (unpaired) electrons. The van der Waals surface area contributed by atoms with Crippen molar-refractivity contribution in [3.63, 3.8) is 0 Å². The first kappa shape index (κ1) is 21.9. The summed E-state index contributed by atoms with van der Waals surface area (Å²) < 4.78 is 15.9. The van der Waals surface area contributed by atoms with Crippen LogP contribution in [0.5, 0.6) is 17.2 Å². The van der Waals surface area contributed by atoms with Crippen molar-refractivity contribution in [2.75, 3.05) is 26.2 Å². The first-order valence-electron chi connectivity index (χ1n) is 10.1. The Hall–Kier alpha value is -4.33. The zero-order valence-electron chi connectivity index (χ0n) is 18.3. The Morgan fingerprint density at radius 3 is 2.36 bits per heavy atom. The van der Waals surface area contributed by atoms with Gasteiger partial charge in [-0.15, -0.1) is 0 Å². The molecule has 0 bridgehead atoms. The fourth-order valence-electron chi connectivity index (χ4n) is 3.86. The fraction of sp³-hybridized carbons (Fsp3) is 0.160. The van der Waals surface area contributed by atoms with Crippen LogP contribution in [0.15, 0.2) is 72.6 Å². The molecule has 2 aromatic carbocycles. The van der Waals surface area contributed by atoms with Gasteiger partial charge in [-0.2, -0.15) is 0 Å². The number of carbonyl (C=O) groups is 2. The van der Waals surface area contributed by atoms with E-state index in [-0.39, 0.29) is 16.9 Å². The Morgan fingerprint density at radius 1 is 0.939 bits per heavy atom. The largest absolute Gasteiger partial charge is 0.507 e. The van der Waals surface area contributed by atoms with E-state index in [0.29, 0.717) is 28.5 Å². The SMILES string of the molecule is COc1cccc(N2C(=O)C(=O)/C(=C(/O)c3cc(OC)ccc3OC)C2c2cccnc2)c1. The summed E-state index contributed by atoms with van der Waals surface area (Å²) in [6.07, 6.45) is 3.14. The summed E-state index contributed by atoms with van der Waals surface area (Å²) in [7, 11) is 4.45. The van der Waals surface area contributed by atoms with Crippen LogP contribution in [0.2, 0.25) is 0 Å². The van der Waals surface area contributed by atoms with Gasteiger partial charge in [-0.3, -0.25) is 19.5 Å². The molecule has 168 valence electrons. The minimum atomic E-state index is -0.915. The summed E-state index contributed by atoms with van der Waals surface area (Å²) in [5.74, 6) is -0.671. The molecule has 1 aliphatic heterocycles. The third-order valence-electron chi connectivity index (χ3n) is 5.44. The highest BCUT2D eigenvalue weighted by Crippen LogP contribution is 2.44. The molecule has 1 aliphatic rings. The molecule has 8 nitrogen and oxygen atoms in total. The molecule has 1 N–H and O–H groups in total. The van der Waals surface area contributed by atoms with Crippen LogP contribution in [-0.4, -0.2) is 43.1 Å². The standard InChI is InChI=1S/C25H22N2O6/c1-31-17-8-4-7-16(12-17)27-22(15-6-5-11-26-14-15)21(24(29)25(27)30)23(28)19-13-18(32-2)9-10-20(19)33-3/h4-14,22,28H,1-3H3/b23-21+. The van der Waals surface area contributed by atoms with Crippen molar-refractivity contribution in [2.45, 2.75) is 6.04 Å². The zero-order valence-corrected chi connectivity index (χ0v) is 18.3. The van der Waals surface area contributed by atoms with Crippen LogP contribution in [0.4, 0.5) is 5.69 Å². The van der Waals surface area contributed by atoms with Gasteiger partial charge in [0.2, 0.25) is 0 Å². The summed E-state index contributed by atoms with van der Waals surface area (Å²) in [5.41, 5.74) is 1.15. The van der Waals surface area contributed by atoms with E-state index in [2.05, 4.69) is 4.98 Å². The minimum absolute atomic E-state index is 0.0811. The van der Waals surface area contributed by atoms with Crippen molar-refractivity contribution in [2.24, 2.45) is 0 Å². The highest BCUT2D eigenvalue weighted by Gasteiger charge is 2.47. The molecular formula is C25H22N2O6. The number of Topliss-reactive ketones (excluding diaryl/α,β-unsaturated/α-hetero) is 1. The number of ether oxygens (including phenoxy) is 3. The molecule has 0 aliphatic carbocycles. The van der Waals surface area contributed by atoms with E-state index in [1.165, 1.54) is 26.2 Å². The first-order valence-corrected chi connectivity index (χ1v) is 10.1. The number of ketones is 1. The lowest BCUT2D eigenvalue weighted by Crippen LogP contribution is -2.29. The molecule has 2 heterocycles. The zero-order chi connectivity index (χ0) is 23.5. The maximum absolute atomic E-state index is 13.3. The molecule has 4 rings (SSSR count). The predicted molar refractivity (Wildman–Crippen MR) is 122 cm³/mol. The number of nitrogens with zero attached hydrogens (tertiary/aromatic N) is 2. The van der Waals surface area contributed by atoms with Crippen molar-refractivity contribution in [3.8, 4) is 17.2 Å². The normalized spacial score (nSPS) is 17.2. The summed E-state index contributed by atoms with van der Waals surface area (Å²) >= 11 is 0. The lowest BCUT2D eigenvalue weighted by atomic mass is 9.95. The number of hydrogen-bond donors (Lipinski definition) is 1. The van der Waals surface area contributed by atoms with Crippen molar-refractivity contribution >= 4 is 23.1 Å². The van der Waals surface area contributed by atoms with Crippen LogP contribution < -0.4 is 19.1 Å². The van der Waals surface area contributed by atoms with Crippen molar-refractivity contribution in [3.05, 3.63) is 83.7 Å². The van der Waals surface area contributed by atoms with Crippen LogP contribution in [0, 0.1) is 0 Å². The molecule has 1 atom stereocenters. The van der Waals surface area contributed by atoms with Gasteiger partial charge in [-0.1, -0.05) is 12.1 Å². The molecule has 1 aromatic heterocycles. The second kappa shape index (κ2) is 9.04. The van der Waals surface area contributed by atoms with Gasteiger partial charge in [0.05, 0.1) is 38.5 Å². The second-order valence-corrected chi connectivity index (χ2v) is 7.22. The van der Waals surface area contributed by atoms with E-state index >= 15 is 0 Å². The first-order chi connectivity index (χ1) is 16.0. The maximum Gasteiger partial charge on any atom is 0.300 e. The Bertz CT molecular complexity index is 1240. The lowest BCUT2D eigenvalue weighted by Gasteiger charge is -2.25. The van der Waals surface area contributed by atoms with E-state index in [1.54, 1.807) is 67.0 Å². The minimum Gasteiger partial charge on any atom is -0.507 e. The summed E-state index contributed by atoms with van der Waals surface area (Å²) in [4.78, 5) is 32.0. The number of pyridine rings is 1. The van der Waals surface area contributed by atoms with Crippen molar-refractivity contribution in [1.82, 2.24) is 4.98 Å². The van der Waals surface area contributed by atoms with Crippen LogP contribution in [0.3, 0.4) is 0 Å². The quantitative estimate of drug-likeness (QED) is 0.350. The number of hydrogen-bond acceptors (Lipinski definition) is 7. The maximum atomic E-state index is 13.3. The topological polar surface area (TPSA) is 98.2 Å². The van der Waals surface area contributed by atoms with E-state index < -0.39 is 17.7 Å². The molecule has 1 fully saturated rings. The van der Waals surface area contributed by atoms with Gasteiger partial charge >= 0.3 is 0 Å². The number of benzene rings is 2. The summed E-state index contributed by atoms with van der Waals surface area (Å²) in [6.45, 7) is 0. The smallest absolute Gasteiger partial charge is 0.300 e. The summed E-state index contributed by atoms with van der Waals surface area (Å²) in [6, 6.07) is 14.2.